The quantitative estimate of drug-likeness (QED) is 0.247. The molecule has 0 fully saturated rings. The molecule has 1 amide bonds. The van der Waals surface area contributed by atoms with Crippen molar-refractivity contribution in [1.29, 1.82) is 0 Å². The van der Waals surface area contributed by atoms with Crippen molar-refractivity contribution in [3.05, 3.63) is 0 Å². The number of amides is 1. The number of unbranched alkanes of at least 4 members (excludes halogenated alkanes) is 15. The molecule has 0 aromatic heterocycles. The Labute approximate surface area is 133 Å². The second kappa shape index (κ2) is 19.5. The van der Waals surface area contributed by atoms with E-state index in [-0.39, 0.29) is 0 Å². The summed E-state index contributed by atoms with van der Waals surface area (Å²) in [5.41, 5.74) is 0. The van der Waals surface area contributed by atoms with E-state index >= 15 is 0 Å². The SMILES string of the molecule is CCCCCCCCCCCCCCCCCCN[C]=O. The Morgan fingerprint density at radius 1 is 0.571 bits per heavy atom. The number of hydrogen-bond donors (Lipinski definition) is 1. The van der Waals surface area contributed by atoms with E-state index in [0.29, 0.717) is 0 Å². The first-order valence-electron chi connectivity index (χ1n) is 9.51. The van der Waals surface area contributed by atoms with Gasteiger partial charge >= 0.3 is 6.41 Å². The van der Waals surface area contributed by atoms with Crippen LogP contribution in [-0.2, 0) is 4.79 Å². The number of rotatable bonds is 18. The predicted octanol–water partition coefficient (Wildman–Crippen LogP) is 5.90. The molecule has 0 spiro atoms. The van der Waals surface area contributed by atoms with Crippen LogP contribution < -0.4 is 5.32 Å². The first kappa shape index (κ1) is 20.5. The van der Waals surface area contributed by atoms with Gasteiger partial charge in [-0.1, -0.05) is 103 Å². The minimum atomic E-state index is 0.794. The van der Waals surface area contributed by atoms with Crippen LogP contribution in [0.5, 0.6) is 0 Å². The summed E-state index contributed by atoms with van der Waals surface area (Å²) in [5, 5.41) is 2.59. The first-order chi connectivity index (χ1) is 10.4. The maximum Gasteiger partial charge on any atom is 0.309 e. The predicted molar refractivity (Wildman–Crippen MR) is 93.2 cm³/mol. The summed E-state index contributed by atoms with van der Waals surface area (Å²) in [7, 11) is 0. The molecule has 125 valence electrons. The summed E-state index contributed by atoms with van der Waals surface area (Å²) >= 11 is 0. The Balaban J connectivity index is 2.91. The lowest BCUT2D eigenvalue weighted by Gasteiger charge is -2.03. The largest absolute Gasteiger partial charge is 0.348 e. The van der Waals surface area contributed by atoms with Crippen LogP contribution in [0.1, 0.15) is 110 Å². The van der Waals surface area contributed by atoms with Gasteiger partial charge in [0.2, 0.25) is 0 Å². The Morgan fingerprint density at radius 2 is 0.905 bits per heavy atom. The maximum atomic E-state index is 9.93. The zero-order chi connectivity index (χ0) is 15.4. The smallest absolute Gasteiger partial charge is 0.309 e. The van der Waals surface area contributed by atoms with Gasteiger partial charge in [0, 0.05) is 6.54 Å². The monoisotopic (exact) mass is 296 g/mol. The molecule has 2 nitrogen and oxygen atoms in total. The molecule has 0 aliphatic carbocycles. The Bertz CT molecular complexity index is 194. The fourth-order valence-electron chi connectivity index (χ4n) is 2.81. The van der Waals surface area contributed by atoms with Crippen LogP contribution >= 0.6 is 0 Å². The highest BCUT2D eigenvalue weighted by molar-refractivity contribution is 5.46. The second-order valence-electron chi connectivity index (χ2n) is 6.33. The van der Waals surface area contributed by atoms with E-state index in [2.05, 4.69) is 12.2 Å². The van der Waals surface area contributed by atoms with Crippen LogP contribution in [0.15, 0.2) is 0 Å². The lowest BCUT2D eigenvalue weighted by molar-refractivity contribution is 0.523. The fraction of sp³-hybridized carbons (Fsp3) is 0.947. The van der Waals surface area contributed by atoms with E-state index in [1.54, 1.807) is 6.41 Å². The average molecular weight is 297 g/mol. The van der Waals surface area contributed by atoms with Gasteiger partial charge in [0.15, 0.2) is 0 Å². The van der Waals surface area contributed by atoms with Gasteiger partial charge in [0.05, 0.1) is 0 Å². The van der Waals surface area contributed by atoms with E-state index < -0.39 is 0 Å². The summed E-state index contributed by atoms with van der Waals surface area (Å²) in [6.45, 7) is 3.08. The van der Waals surface area contributed by atoms with E-state index in [1.807, 2.05) is 0 Å². The maximum absolute atomic E-state index is 9.93. The standard InChI is InChI=1S/C19H38NO/c1-2-3-4-5-6-7-8-9-10-11-12-13-14-15-16-17-18-20-19-21/h2-18H2,1H3,(H,20,21). The normalized spacial score (nSPS) is 10.7. The van der Waals surface area contributed by atoms with Gasteiger partial charge < -0.3 is 5.32 Å². The molecule has 0 unspecified atom stereocenters. The lowest BCUT2D eigenvalue weighted by Crippen LogP contribution is -2.11. The molecule has 0 aliphatic rings. The van der Waals surface area contributed by atoms with Crippen molar-refractivity contribution in [2.45, 2.75) is 110 Å². The zero-order valence-corrected chi connectivity index (χ0v) is 14.4. The summed E-state index contributed by atoms with van der Waals surface area (Å²) in [6.07, 6.45) is 23.9. The molecule has 0 rings (SSSR count). The third-order valence-corrected chi connectivity index (χ3v) is 4.23. The molecule has 21 heavy (non-hydrogen) atoms. The second-order valence-corrected chi connectivity index (χ2v) is 6.33. The minimum Gasteiger partial charge on any atom is -0.348 e. The Kier molecular flexibility index (Phi) is 19.0. The molecule has 0 bridgehead atoms. The van der Waals surface area contributed by atoms with Crippen LogP contribution in [0.3, 0.4) is 0 Å². The lowest BCUT2D eigenvalue weighted by atomic mass is 10.0. The minimum absolute atomic E-state index is 0.794. The molecule has 0 aromatic rings. The molecular formula is C19H38NO. The van der Waals surface area contributed by atoms with Crippen molar-refractivity contribution >= 4 is 6.41 Å². The van der Waals surface area contributed by atoms with E-state index in [1.165, 1.54) is 96.3 Å². The van der Waals surface area contributed by atoms with Crippen LogP contribution in [-0.4, -0.2) is 13.0 Å². The van der Waals surface area contributed by atoms with Gasteiger partial charge in [-0.15, -0.1) is 0 Å². The number of nitrogens with one attached hydrogen (secondary N) is 1. The first-order valence-corrected chi connectivity index (χ1v) is 9.51. The van der Waals surface area contributed by atoms with Crippen LogP contribution in [0, 0.1) is 0 Å². The highest BCUT2D eigenvalue weighted by Crippen LogP contribution is 2.13. The summed E-state index contributed by atoms with van der Waals surface area (Å²) in [5.74, 6) is 0. The van der Waals surface area contributed by atoms with Crippen LogP contribution in [0.25, 0.3) is 0 Å². The van der Waals surface area contributed by atoms with Gasteiger partial charge in [0.1, 0.15) is 0 Å². The third-order valence-electron chi connectivity index (χ3n) is 4.23. The Morgan fingerprint density at radius 3 is 1.24 bits per heavy atom. The van der Waals surface area contributed by atoms with Crippen molar-refractivity contribution < 1.29 is 4.79 Å². The molecule has 2 heteroatoms. The summed E-state index contributed by atoms with van der Waals surface area (Å²) in [6, 6.07) is 0. The molecule has 0 saturated heterocycles. The molecular weight excluding hydrogens is 258 g/mol. The van der Waals surface area contributed by atoms with Crippen LogP contribution in [0.2, 0.25) is 0 Å². The molecule has 1 radical (unpaired) electrons. The van der Waals surface area contributed by atoms with Gasteiger partial charge in [0.25, 0.3) is 0 Å². The number of carbonyl (C=O) groups excluding carboxylic acids is 1. The van der Waals surface area contributed by atoms with Gasteiger partial charge in [-0.25, -0.2) is 0 Å². The molecule has 0 aliphatic heterocycles. The molecule has 0 heterocycles. The van der Waals surface area contributed by atoms with Gasteiger partial charge in [-0.3, -0.25) is 4.79 Å². The van der Waals surface area contributed by atoms with E-state index in [0.717, 1.165) is 13.0 Å². The molecule has 0 atom stereocenters. The average Bonchev–Trinajstić information content (AvgIpc) is 2.50. The van der Waals surface area contributed by atoms with Crippen molar-refractivity contribution in [2.24, 2.45) is 0 Å². The van der Waals surface area contributed by atoms with Gasteiger partial charge in [-0.2, -0.15) is 0 Å². The number of hydrogen-bond acceptors (Lipinski definition) is 1. The highest BCUT2D eigenvalue weighted by Gasteiger charge is 1.94. The fourth-order valence-corrected chi connectivity index (χ4v) is 2.81. The van der Waals surface area contributed by atoms with E-state index in [4.69, 9.17) is 0 Å². The van der Waals surface area contributed by atoms with Crippen molar-refractivity contribution in [3.8, 4) is 0 Å². The molecule has 1 N–H and O–H groups in total. The van der Waals surface area contributed by atoms with E-state index in [9.17, 15) is 4.79 Å². The third kappa shape index (κ3) is 19.5. The zero-order valence-electron chi connectivity index (χ0n) is 14.4. The van der Waals surface area contributed by atoms with Crippen molar-refractivity contribution in [3.63, 3.8) is 0 Å². The summed E-state index contributed by atoms with van der Waals surface area (Å²) < 4.78 is 0. The van der Waals surface area contributed by atoms with Crippen molar-refractivity contribution in [2.75, 3.05) is 6.54 Å². The topological polar surface area (TPSA) is 29.1 Å². The molecule has 0 saturated carbocycles. The molecule has 0 aromatic carbocycles. The highest BCUT2D eigenvalue weighted by atomic mass is 16.1. The van der Waals surface area contributed by atoms with Crippen molar-refractivity contribution in [1.82, 2.24) is 5.32 Å². The summed E-state index contributed by atoms with van der Waals surface area (Å²) in [4.78, 5) is 9.93. The van der Waals surface area contributed by atoms with Crippen LogP contribution in [0.4, 0.5) is 0 Å². The van der Waals surface area contributed by atoms with Gasteiger partial charge in [-0.05, 0) is 6.42 Å². The Hall–Kier alpha value is -0.530.